The molecule has 1 saturated heterocycles. The van der Waals surface area contributed by atoms with Gasteiger partial charge in [-0.1, -0.05) is 54.1 Å². The zero-order valence-electron chi connectivity index (χ0n) is 15.9. The fourth-order valence-corrected chi connectivity index (χ4v) is 3.99. The molecule has 0 saturated carbocycles. The van der Waals surface area contributed by atoms with Crippen LogP contribution in [0.15, 0.2) is 66.7 Å². The van der Waals surface area contributed by atoms with Gasteiger partial charge in [-0.05, 0) is 25.0 Å². The second-order valence-corrected chi connectivity index (χ2v) is 7.85. The summed E-state index contributed by atoms with van der Waals surface area (Å²) in [7, 11) is 0. The summed E-state index contributed by atoms with van der Waals surface area (Å²) in [4.78, 5) is 7.07. The fourth-order valence-electron chi connectivity index (χ4n) is 3.87. The van der Waals surface area contributed by atoms with Crippen molar-refractivity contribution in [3.63, 3.8) is 0 Å². The molecule has 1 aliphatic heterocycles. The fraction of sp³-hybridized carbons (Fsp3) is 0.217. The van der Waals surface area contributed by atoms with E-state index in [1.54, 1.807) is 0 Å². The zero-order chi connectivity index (χ0) is 19.8. The quantitative estimate of drug-likeness (QED) is 0.538. The molecule has 0 bridgehead atoms. The van der Waals surface area contributed by atoms with Crippen LogP contribution in [0, 0.1) is 0 Å². The minimum atomic E-state index is -0.321. The van der Waals surface area contributed by atoms with E-state index in [4.69, 9.17) is 21.7 Å². The van der Waals surface area contributed by atoms with Crippen molar-refractivity contribution in [1.82, 2.24) is 14.6 Å². The van der Waals surface area contributed by atoms with Gasteiger partial charge in [0, 0.05) is 41.4 Å². The Bertz CT molecular complexity index is 1140. The van der Waals surface area contributed by atoms with Gasteiger partial charge in [-0.15, -0.1) is 0 Å². The summed E-state index contributed by atoms with van der Waals surface area (Å²) < 4.78 is 1.88. The maximum absolute atomic E-state index is 10.2. The van der Waals surface area contributed by atoms with Crippen molar-refractivity contribution < 1.29 is 5.11 Å². The molecule has 0 unspecified atom stereocenters. The Hall–Kier alpha value is -2.89. The third-order valence-corrected chi connectivity index (χ3v) is 5.59. The number of aliphatic hydroxyl groups excluding tert-OH is 1. The molecule has 0 amide bonds. The third kappa shape index (κ3) is 3.59. The van der Waals surface area contributed by atoms with Gasteiger partial charge >= 0.3 is 0 Å². The number of aromatic nitrogens is 3. The average Bonchev–Trinajstić information content (AvgIpc) is 3.18. The van der Waals surface area contributed by atoms with Crippen molar-refractivity contribution in [3.05, 3.63) is 71.8 Å². The highest BCUT2D eigenvalue weighted by molar-refractivity contribution is 6.30. The number of benzene rings is 2. The first-order valence-electron chi connectivity index (χ1n) is 9.82. The van der Waals surface area contributed by atoms with Crippen LogP contribution >= 0.6 is 11.6 Å². The van der Waals surface area contributed by atoms with Crippen molar-refractivity contribution in [3.8, 4) is 22.5 Å². The predicted octanol–water partition coefficient (Wildman–Crippen LogP) is 4.68. The summed E-state index contributed by atoms with van der Waals surface area (Å²) in [5.74, 6) is 0.952. The van der Waals surface area contributed by atoms with E-state index in [2.05, 4.69) is 23.1 Å². The number of β-amino-alcohol motifs (C(OH)–C–C–N with tert-alkyl or cyclic N) is 1. The lowest BCUT2D eigenvalue weighted by molar-refractivity contribution is 0.153. The lowest BCUT2D eigenvalue weighted by Crippen LogP contribution is -2.39. The summed E-state index contributed by atoms with van der Waals surface area (Å²) >= 11 is 6.04. The molecule has 146 valence electrons. The molecule has 2 aromatic carbocycles. The van der Waals surface area contributed by atoms with Crippen LogP contribution in [0.25, 0.3) is 28.2 Å². The van der Waals surface area contributed by atoms with Crippen LogP contribution in [0.1, 0.15) is 12.8 Å². The molecule has 3 heterocycles. The summed E-state index contributed by atoms with van der Waals surface area (Å²) in [6, 6.07) is 21.9. The lowest BCUT2D eigenvalue weighted by Gasteiger charge is -2.32. The van der Waals surface area contributed by atoms with Gasteiger partial charge in [0.15, 0.2) is 5.65 Å². The van der Waals surface area contributed by atoms with Crippen LogP contribution in [0.5, 0.6) is 0 Å². The second-order valence-electron chi connectivity index (χ2n) is 7.41. The standard InChI is InChI=1S/C23H21ClN4O/c24-18-10-8-17(9-11-18)21-13-22-25-20(16-5-2-1-3-6-16)14-23(28(22)26-21)27-12-4-7-19(29)15-27/h1-3,5-6,8-11,13-14,19,29H,4,7,12,15H2/t19-/m1/s1. The molecule has 1 aliphatic rings. The van der Waals surface area contributed by atoms with Crippen molar-refractivity contribution >= 4 is 23.1 Å². The number of hydrogen-bond acceptors (Lipinski definition) is 4. The molecule has 5 rings (SSSR count). The van der Waals surface area contributed by atoms with Crippen molar-refractivity contribution in [2.45, 2.75) is 18.9 Å². The first-order chi connectivity index (χ1) is 14.2. The van der Waals surface area contributed by atoms with E-state index in [1.807, 2.05) is 53.0 Å². The number of piperidine rings is 1. The number of nitrogens with zero attached hydrogens (tertiary/aromatic N) is 4. The van der Waals surface area contributed by atoms with Crippen molar-refractivity contribution in [1.29, 1.82) is 0 Å². The smallest absolute Gasteiger partial charge is 0.158 e. The second kappa shape index (κ2) is 7.50. The lowest BCUT2D eigenvalue weighted by atomic mass is 10.1. The van der Waals surface area contributed by atoms with Gasteiger partial charge in [-0.25, -0.2) is 4.98 Å². The van der Waals surface area contributed by atoms with Crippen LogP contribution in [0.2, 0.25) is 5.02 Å². The van der Waals surface area contributed by atoms with Gasteiger partial charge in [0.05, 0.1) is 17.5 Å². The molecule has 0 aliphatic carbocycles. The molecule has 1 atom stereocenters. The summed E-state index contributed by atoms with van der Waals surface area (Å²) in [6.45, 7) is 1.49. The molecule has 6 heteroatoms. The van der Waals surface area contributed by atoms with Crippen LogP contribution in [-0.2, 0) is 0 Å². The summed E-state index contributed by atoms with van der Waals surface area (Å²) in [5.41, 5.74) is 4.58. The molecule has 1 fully saturated rings. The van der Waals surface area contributed by atoms with Gasteiger partial charge in [0.25, 0.3) is 0 Å². The van der Waals surface area contributed by atoms with E-state index in [-0.39, 0.29) is 6.10 Å². The first kappa shape index (κ1) is 18.2. The van der Waals surface area contributed by atoms with Crippen molar-refractivity contribution in [2.24, 2.45) is 0 Å². The van der Waals surface area contributed by atoms with Gasteiger partial charge < -0.3 is 10.0 Å². The molecule has 29 heavy (non-hydrogen) atoms. The molecule has 1 N–H and O–H groups in total. The number of fused-ring (bicyclic) bond motifs is 1. The van der Waals surface area contributed by atoms with Gasteiger partial charge in [0.2, 0.25) is 0 Å². The zero-order valence-corrected chi connectivity index (χ0v) is 16.6. The molecule has 0 radical (unpaired) electrons. The Kier molecular flexibility index (Phi) is 4.70. The Morgan fingerprint density at radius 1 is 0.931 bits per heavy atom. The van der Waals surface area contributed by atoms with Gasteiger partial charge in [-0.3, -0.25) is 0 Å². The highest BCUT2D eigenvalue weighted by atomic mass is 35.5. The highest BCUT2D eigenvalue weighted by Crippen LogP contribution is 2.29. The van der Waals surface area contributed by atoms with Crippen molar-refractivity contribution in [2.75, 3.05) is 18.0 Å². The van der Waals surface area contributed by atoms with E-state index in [1.165, 1.54) is 0 Å². The monoisotopic (exact) mass is 404 g/mol. The minimum absolute atomic E-state index is 0.321. The van der Waals surface area contributed by atoms with Crippen LogP contribution in [0.4, 0.5) is 5.82 Å². The topological polar surface area (TPSA) is 53.7 Å². The van der Waals surface area contributed by atoms with E-state index in [0.717, 1.165) is 53.4 Å². The third-order valence-electron chi connectivity index (χ3n) is 5.34. The van der Waals surface area contributed by atoms with Crippen LogP contribution in [0.3, 0.4) is 0 Å². The van der Waals surface area contributed by atoms with Gasteiger partial charge in [0.1, 0.15) is 5.82 Å². The number of rotatable bonds is 3. The highest BCUT2D eigenvalue weighted by Gasteiger charge is 2.22. The SMILES string of the molecule is O[C@@H]1CCCN(c2cc(-c3ccccc3)nc3cc(-c4ccc(Cl)cc4)nn23)C1. The molecular weight excluding hydrogens is 384 g/mol. The maximum Gasteiger partial charge on any atom is 0.158 e. The number of hydrogen-bond donors (Lipinski definition) is 1. The Morgan fingerprint density at radius 3 is 2.45 bits per heavy atom. The van der Waals surface area contributed by atoms with E-state index >= 15 is 0 Å². The minimum Gasteiger partial charge on any atom is -0.391 e. The predicted molar refractivity (Wildman–Crippen MR) is 116 cm³/mol. The molecule has 4 aromatic rings. The summed E-state index contributed by atoms with van der Waals surface area (Å²) in [6.07, 6.45) is 1.47. The molecular formula is C23H21ClN4O. The normalized spacial score (nSPS) is 17.0. The van der Waals surface area contributed by atoms with Gasteiger partial charge in [-0.2, -0.15) is 9.61 Å². The summed E-state index contributed by atoms with van der Waals surface area (Å²) in [5, 5.41) is 15.7. The Balaban J connectivity index is 1.67. The van der Waals surface area contributed by atoms with E-state index < -0.39 is 0 Å². The first-order valence-corrected chi connectivity index (χ1v) is 10.2. The Labute approximate surface area is 174 Å². The molecule has 5 nitrogen and oxygen atoms in total. The number of anilines is 1. The van der Waals surface area contributed by atoms with Crippen LogP contribution < -0.4 is 4.90 Å². The van der Waals surface area contributed by atoms with Crippen LogP contribution in [-0.4, -0.2) is 38.9 Å². The molecule has 0 spiro atoms. The molecule has 2 aromatic heterocycles. The number of aliphatic hydroxyl groups is 1. The largest absolute Gasteiger partial charge is 0.391 e. The number of halogens is 1. The average molecular weight is 405 g/mol. The maximum atomic E-state index is 10.2. The Morgan fingerprint density at radius 2 is 1.69 bits per heavy atom. The van der Waals surface area contributed by atoms with E-state index in [0.29, 0.717) is 11.6 Å². The van der Waals surface area contributed by atoms with E-state index in [9.17, 15) is 5.11 Å².